The van der Waals surface area contributed by atoms with Crippen LogP contribution < -0.4 is 15.6 Å². The summed E-state index contributed by atoms with van der Waals surface area (Å²) in [6, 6.07) is 16.5. The largest absolute Gasteiger partial charge is 0.484 e. The van der Waals surface area contributed by atoms with Crippen LogP contribution in [0.3, 0.4) is 0 Å². The molecule has 2 aromatic carbocycles. The Bertz CT molecular complexity index is 1050. The number of nitrogens with zero attached hydrogens (tertiary/aromatic N) is 2. The minimum atomic E-state index is -0.448. The molecular weight excluding hydrogens is 412 g/mol. The van der Waals surface area contributed by atoms with Crippen LogP contribution in [-0.4, -0.2) is 28.4 Å². The first-order chi connectivity index (χ1) is 14.9. The van der Waals surface area contributed by atoms with Gasteiger partial charge in [0.15, 0.2) is 11.8 Å². The van der Waals surface area contributed by atoms with Gasteiger partial charge in [0.1, 0.15) is 5.75 Å². The number of benzene rings is 2. The van der Waals surface area contributed by atoms with Crippen molar-refractivity contribution in [1.29, 1.82) is 0 Å². The van der Waals surface area contributed by atoms with Crippen LogP contribution in [0.15, 0.2) is 59.8 Å². The maximum absolute atomic E-state index is 12.2. The van der Waals surface area contributed by atoms with Crippen LogP contribution in [0.5, 0.6) is 5.75 Å². The molecule has 1 aromatic heterocycles. The van der Waals surface area contributed by atoms with Gasteiger partial charge in [-0.2, -0.15) is 0 Å². The molecule has 7 nitrogen and oxygen atoms in total. The molecule has 31 heavy (non-hydrogen) atoms. The van der Waals surface area contributed by atoms with Crippen molar-refractivity contribution in [3.05, 3.63) is 82.7 Å². The molecule has 2 N–H and O–H groups in total. The second-order valence-electron chi connectivity index (χ2n) is 7.03. The summed E-state index contributed by atoms with van der Waals surface area (Å²) in [7, 11) is 0. The number of amides is 2. The Morgan fingerprint density at radius 2 is 1.65 bits per heavy atom. The van der Waals surface area contributed by atoms with Gasteiger partial charge in [-0.1, -0.05) is 36.0 Å². The van der Waals surface area contributed by atoms with Gasteiger partial charge < -0.3 is 4.74 Å². The summed E-state index contributed by atoms with van der Waals surface area (Å²) in [4.78, 5) is 33.0. The Labute approximate surface area is 185 Å². The third-order valence-electron chi connectivity index (χ3n) is 4.22. The average Bonchev–Trinajstić information content (AvgIpc) is 2.74. The monoisotopic (exact) mass is 436 g/mol. The fourth-order valence-corrected chi connectivity index (χ4v) is 3.65. The van der Waals surface area contributed by atoms with Gasteiger partial charge in [-0.3, -0.25) is 20.4 Å². The molecule has 0 aliphatic rings. The average molecular weight is 437 g/mol. The topological polar surface area (TPSA) is 93.2 Å². The van der Waals surface area contributed by atoms with Gasteiger partial charge in [-0.25, -0.2) is 9.97 Å². The van der Waals surface area contributed by atoms with Crippen molar-refractivity contribution in [2.75, 3.05) is 6.61 Å². The van der Waals surface area contributed by atoms with Gasteiger partial charge in [0.05, 0.1) is 0 Å². The van der Waals surface area contributed by atoms with Crippen molar-refractivity contribution in [1.82, 2.24) is 20.8 Å². The van der Waals surface area contributed by atoms with Crippen LogP contribution in [0.4, 0.5) is 0 Å². The number of nitrogens with one attached hydrogen (secondary N) is 2. The van der Waals surface area contributed by atoms with Crippen LogP contribution >= 0.6 is 11.8 Å². The fraction of sp³-hybridized carbons (Fsp3) is 0.217. The van der Waals surface area contributed by atoms with Crippen LogP contribution in [0, 0.1) is 20.8 Å². The van der Waals surface area contributed by atoms with Crippen LogP contribution in [0.25, 0.3) is 0 Å². The van der Waals surface area contributed by atoms with E-state index in [0.29, 0.717) is 17.1 Å². The number of aryl methyl sites for hydroxylation is 3. The minimum absolute atomic E-state index is 0.194. The van der Waals surface area contributed by atoms with E-state index in [9.17, 15) is 9.59 Å². The molecule has 8 heteroatoms. The standard InChI is InChI=1S/C23H24N4O3S/c1-15-5-4-6-20(11-15)30-13-21(28)26-27-22(29)19-9-7-18(8-10-19)14-31-23-24-16(2)12-17(3)25-23/h4-12H,13-14H2,1-3H3,(H,26,28)(H,27,29). The Hall–Kier alpha value is -3.39. The van der Waals surface area contributed by atoms with Crippen LogP contribution in [0.2, 0.25) is 0 Å². The smallest absolute Gasteiger partial charge is 0.276 e. The molecule has 0 aliphatic carbocycles. The van der Waals surface area contributed by atoms with Crippen molar-refractivity contribution < 1.29 is 14.3 Å². The Morgan fingerprint density at radius 1 is 0.935 bits per heavy atom. The van der Waals surface area contributed by atoms with Crippen LogP contribution in [-0.2, 0) is 10.5 Å². The number of rotatable bonds is 7. The van der Waals surface area contributed by atoms with Gasteiger partial charge >= 0.3 is 0 Å². The first kappa shape index (κ1) is 22.3. The highest BCUT2D eigenvalue weighted by molar-refractivity contribution is 7.98. The zero-order valence-electron chi connectivity index (χ0n) is 17.6. The molecular formula is C23H24N4O3S. The summed E-state index contributed by atoms with van der Waals surface area (Å²) in [5.74, 6) is 0.441. The molecule has 0 saturated carbocycles. The highest BCUT2D eigenvalue weighted by Gasteiger charge is 2.09. The number of thioether (sulfide) groups is 1. The van der Waals surface area contributed by atoms with E-state index in [1.54, 1.807) is 30.0 Å². The molecule has 1 heterocycles. The minimum Gasteiger partial charge on any atom is -0.484 e. The van der Waals surface area contributed by atoms with Crippen molar-refractivity contribution in [2.45, 2.75) is 31.7 Å². The summed E-state index contributed by atoms with van der Waals surface area (Å²) < 4.78 is 5.40. The molecule has 0 saturated heterocycles. The summed E-state index contributed by atoms with van der Waals surface area (Å²) in [5, 5.41) is 0.731. The molecule has 0 bridgehead atoms. The second-order valence-corrected chi connectivity index (χ2v) is 7.97. The van der Waals surface area contributed by atoms with Gasteiger partial charge in [-0.15, -0.1) is 0 Å². The number of ether oxygens (including phenoxy) is 1. The third kappa shape index (κ3) is 7.11. The van der Waals surface area contributed by atoms with Gasteiger partial charge in [0, 0.05) is 22.7 Å². The van der Waals surface area contributed by atoms with Crippen LogP contribution in [0.1, 0.15) is 32.9 Å². The molecule has 0 fully saturated rings. The first-order valence-electron chi connectivity index (χ1n) is 9.72. The van der Waals surface area contributed by atoms with Crippen molar-refractivity contribution in [3.63, 3.8) is 0 Å². The maximum Gasteiger partial charge on any atom is 0.276 e. The SMILES string of the molecule is Cc1cccc(OCC(=O)NNC(=O)c2ccc(CSc3nc(C)cc(C)n3)cc2)c1. The number of carbonyl (C=O) groups excluding carboxylic acids is 2. The van der Waals surface area contributed by atoms with E-state index < -0.39 is 11.8 Å². The number of hydrazine groups is 1. The lowest BCUT2D eigenvalue weighted by Gasteiger charge is -2.09. The zero-order valence-corrected chi connectivity index (χ0v) is 18.5. The number of carbonyl (C=O) groups is 2. The Balaban J connectivity index is 1.44. The third-order valence-corrected chi connectivity index (χ3v) is 5.14. The summed E-state index contributed by atoms with van der Waals surface area (Å²) in [6.07, 6.45) is 0. The van der Waals surface area contributed by atoms with E-state index in [0.717, 1.165) is 27.7 Å². The molecule has 3 rings (SSSR count). The molecule has 160 valence electrons. The highest BCUT2D eigenvalue weighted by atomic mass is 32.2. The maximum atomic E-state index is 12.2. The van der Waals surface area contributed by atoms with Gasteiger partial charge in [0.2, 0.25) is 0 Å². The summed E-state index contributed by atoms with van der Waals surface area (Å²) in [5.41, 5.74) is 9.14. The van der Waals surface area contributed by atoms with Gasteiger partial charge in [0.25, 0.3) is 11.8 Å². The fourth-order valence-electron chi connectivity index (χ4n) is 2.75. The number of aromatic nitrogens is 2. The van der Waals surface area contributed by atoms with E-state index >= 15 is 0 Å². The molecule has 0 spiro atoms. The summed E-state index contributed by atoms with van der Waals surface area (Å²) >= 11 is 1.54. The first-order valence-corrected chi connectivity index (χ1v) is 10.7. The van der Waals surface area contributed by atoms with Crippen molar-refractivity contribution in [3.8, 4) is 5.75 Å². The number of hydrogen-bond acceptors (Lipinski definition) is 6. The van der Waals surface area contributed by atoms with E-state index in [1.165, 1.54) is 0 Å². The van der Waals surface area contributed by atoms with E-state index in [-0.39, 0.29) is 6.61 Å². The highest BCUT2D eigenvalue weighted by Crippen LogP contribution is 2.20. The lowest BCUT2D eigenvalue weighted by molar-refractivity contribution is -0.123. The second kappa shape index (κ2) is 10.6. The Kier molecular flexibility index (Phi) is 7.61. The van der Waals surface area contributed by atoms with E-state index in [4.69, 9.17) is 4.74 Å². The summed E-state index contributed by atoms with van der Waals surface area (Å²) in [6.45, 7) is 5.63. The van der Waals surface area contributed by atoms with E-state index in [2.05, 4.69) is 20.8 Å². The number of hydrogen-bond donors (Lipinski definition) is 2. The quantitative estimate of drug-likeness (QED) is 0.334. The normalized spacial score (nSPS) is 10.4. The molecule has 0 atom stereocenters. The lowest BCUT2D eigenvalue weighted by Crippen LogP contribution is -2.43. The van der Waals surface area contributed by atoms with Gasteiger partial charge in [-0.05, 0) is 62.2 Å². The zero-order chi connectivity index (χ0) is 22.2. The van der Waals surface area contributed by atoms with E-state index in [1.807, 2.05) is 57.2 Å². The van der Waals surface area contributed by atoms with Crippen molar-refractivity contribution >= 4 is 23.6 Å². The van der Waals surface area contributed by atoms with Crippen molar-refractivity contribution in [2.24, 2.45) is 0 Å². The molecule has 2 amide bonds. The molecule has 3 aromatic rings. The molecule has 0 unspecified atom stereocenters. The Morgan fingerprint density at radius 3 is 2.32 bits per heavy atom. The molecule has 0 radical (unpaired) electrons. The molecule has 0 aliphatic heterocycles. The predicted octanol–water partition coefficient (Wildman–Crippen LogP) is 3.53. The lowest BCUT2D eigenvalue weighted by atomic mass is 10.1. The predicted molar refractivity (Wildman–Crippen MR) is 120 cm³/mol.